The highest BCUT2D eigenvalue weighted by Gasteiger charge is 2.42. The molecule has 0 saturated carbocycles. The van der Waals surface area contributed by atoms with E-state index in [0.717, 1.165) is 30.8 Å². The van der Waals surface area contributed by atoms with Gasteiger partial charge in [-0.3, -0.25) is 4.79 Å². The van der Waals surface area contributed by atoms with Crippen LogP contribution in [0, 0.1) is 0 Å². The average Bonchev–Trinajstić information content (AvgIpc) is 2.81. The predicted molar refractivity (Wildman–Crippen MR) is 136 cm³/mol. The molecule has 4 aromatic carbocycles. The van der Waals surface area contributed by atoms with Crippen LogP contribution in [0.15, 0.2) is 81.7 Å². The standard InChI is InChI=1S/C27H21Br2NO3/c1-2-22(33)30-26(16-5-3-7-18(28)13-16)24-20(31)11-9-15-10-12-21(32)25(23(15)24)27(30)17-6-4-8-19(29)14-17/h3-14,26-27,31-32H,2H2,1H3. The lowest BCUT2D eigenvalue weighted by Gasteiger charge is -2.44. The first-order valence-corrected chi connectivity index (χ1v) is 12.3. The predicted octanol–water partition coefficient (Wildman–Crippen LogP) is 7.21. The monoisotopic (exact) mass is 565 g/mol. The average molecular weight is 567 g/mol. The molecule has 0 spiro atoms. The molecule has 6 heteroatoms. The van der Waals surface area contributed by atoms with E-state index in [1.165, 1.54) is 0 Å². The molecule has 33 heavy (non-hydrogen) atoms. The zero-order valence-electron chi connectivity index (χ0n) is 17.8. The molecule has 4 aromatic rings. The van der Waals surface area contributed by atoms with Gasteiger partial charge in [-0.25, -0.2) is 0 Å². The van der Waals surface area contributed by atoms with Gasteiger partial charge in [-0.15, -0.1) is 0 Å². The third kappa shape index (κ3) is 3.62. The van der Waals surface area contributed by atoms with Gasteiger partial charge >= 0.3 is 0 Å². The Labute approximate surface area is 208 Å². The summed E-state index contributed by atoms with van der Waals surface area (Å²) in [7, 11) is 0. The molecule has 0 saturated heterocycles. The topological polar surface area (TPSA) is 60.8 Å². The Morgan fingerprint density at radius 1 is 0.818 bits per heavy atom. The van der Waals surface area contributed by atoms with Crippen molar-refractivity contribution >= 4 is 48.5 Å². The number of hydrogen-bond acceptors (Lipinski definition) is 3. The Bertz CT molecular complexity index is 1310. The van der Waals surface area contributed by atoms with Gasteiger partial charge in [0.05, 0.1) is 12.1 Å². The van der Waals surface area contributed by atoms with Crippen molar-refractivity contribution in [1.82, 2.24) is 4.90 Å². The van der Waals surface area contributed by atoms with Gasteiger partial charge < -0.3 is 15.1 Å². The first-order valence-electron chi connectivity index (χ1n) is 10.7. The Kier molecular flexibility index (Phi) is 5.67. The minimum absolute atomic E-state index is 0.0738. The Hall–Kier alpha value is -2.83. The Morgan fingerprint density at radius 2 is 1.30 bits per heavy atom. The fraction of sp³-hybridized carbons (Fsp3) is 0.148. The summed E-state index contributed by atoms with van der Waals surface area (Å²) in [6.07, 6.45) is 0.286. The Balaban J connectivity index is 1.95. The molecule has 0 fully saturated rings. The lowest BCUT2D eigenvalue weighted by molar-refractivity contribution is -0.134. The summed E-state index contributed by atoms with van der Waals surface area (Å²) >= 11 is 7.12. The molecule has 0 bridgehead atoms. The maximum Gasteiger partial charge on any atom is 0.223 e. The van der Waals surface area contributed by atoms with Crippen LogP contribution in [-0.2, 0) is 4.79 Å². The van der Waals surface area contributed by atoms with Crippen molar-refractivity contribution in [3.63, 3.8) is 0 Å². The second-order valence-corrected chi connectivity index (χ2v) is 10.00. The van der Waals surface area contributed by atoms with Crippen molar-refractivity contribution in [2.24, 2.45) is 0 Å². The highest BCUT2D eigenvalue weighted by molar-refractivity contribution is 9.10. The van der Waals surface area contributed by atoms with Crippen LogP contribution in [0.3, 0.4) is 0 Å². The number of carbonyl (C=O) groups is 1. The van der Waals surface area contributed by atoms with Gasteiger partial charge in [0.2, 0.25) is 5.91 Å². The van der Waals surface area contributed by atoms with E-state index in [4.69, 9.17) is 0 Å². The molecule has 2 unspecified atom stereocenters. The molecule has 166 valence electrons. The summed E-state index contributed by atoms with van der Waals surface area (Å²) in [5.41, 5.74) is 3.01. The second kappa shape index (κ2) is 8.50. The van der Waals surface area contributed by atoms with Crippen LogP contribution >= 0.6 is 31.9 Å². The van der Waals surface area contributed by atoms with E-state index in [-0.39, 0.29) is 23.8 Å². The summed E-state index contributed by atoms with van der Waals surface area (Å²) in [5.74, 6) is 0.122. The minimum atomic E-state index is -0.531. The largest absolute Gasteiger partial charge is 0.508 e. The van der Waals surface area contributed by atoms with E-state index in [2.05, 4.69) is 31.9 Å². The minimum Gasteiger partial charge on any atom is -0.508 e. The number of amides is 1. The van der Waals surface area contributed by atoms with Gasteiger partial charge in [-0.05, 0) is 52.9 Å². The molecular weight excluding hydrogens is 546 g/mol. The second-order valence-electron chi connectivity index (χ2n) is 8.16. The molecule has 0 radical (unpaired) electrons. The van der Waals surface area contributed by atoms with Crippen molar-refractivity contribution in [1.29, 1.82) is 0 Å². The normalized spacial score (nSPS) is 17.4. The van der Waals surface area contributed by atoms with E-state index in [1.54, 1.807) is 17.0 Å². The quantitative estimate of drug-likeness (QED) is 0.275. The van der Waals surface area contributed by atoms with Crippen LogP contribution in [0.25, 0.3) is 10.8 Å². The van der Waals surface area contributed by atoms with Gasteiger partial charge in [0, 0.05) is 31.9 Å². The Morgan fingerprint density at radius 3 is 1.73 bits per heavy atom. The molecule has 2 N–H and O–H groups in total. The molecule has 0 aromatic heterocycles. The summed E-state index contributed by atoms with van der Waals surface area (Å²) in [4.78, 5) is 15.4. The van der Waals surface area contributed by atoms with E-state index in [1.807, 2.05) is 67.6 Å². The SMILES string of the molecule is CCC(=O)N1C(c2cccc(Br)c2)c2c(O)ccc3ccc(O)c(c23)C1c1cccc(Br)c1. The number of phenols is 2. The van der Waals surface area contributed by atoms with Gasteiger partial charge in [0.15, 0.2) is 0 Å². The fourth-order valence-electron chi connectivity index (χ4n) is 4.91. The molecule has 4 nitrogen and oxygen atoms in total. The third-order valence-electron chi connectivity index (χ3n) is 6.24. The van der Waals surface area contributed by atoms with Crippen LogP contribution in [0.4, 0.5) is 0 Å². The number of benzene rings is 4. The van der Waals surface area contributed by atoms with Gasteiger partial charge in [0.1, 0.15) is 11.5 Å². The maximum atomic E-state index is 13.6. The van der Waals surface area contributed by atoms with Gasteiger partial charge in [0.25, 0.3) is 0 Å². The van der Waals surface area contributed by atoms with Crippen molar-refractivity contribution in [2.75, 3.05) is 0 Å². The zero-order chi connectivity index (χ0) is 23.3. The molecule has 1 aliphatic rings. The number of phenolic OH excluding ortho intramolecular Hbond substituents is 2. The molecule has 0 aliphatic carbocycles. The number of rotatable bonds is 3. The summed E-state index contributed by atoms with van der Waals surface area (Å²) < 4.78 is 1.77. The molecule has 1 amide bonds. The fourth-order valence-corrected chi connectivity index (χ4v) is 5.74. The number of carbonyl (C=O) groups excluding carboxylic acids is 1. The third-order valence-corrected chi connectivity index (χ3v) is 7.23. The van der Waals surface area contributed by atoms with Crippen LogP contribution in [0.1, 0.15) is 47.7 Å². The molecule has 1 aliphatic heterocycles. The van der Waals surface area contributed by atoms with Crippen LogP contribution in [0.2, 0.25) is 0 Å². The molecular formula is C27H21Br2NO3. The van der Waals surface area contributed by atoms with E-state index < -0.39 is 12.1 Å². The number of nitrogens with zero attached hydrogens (tertiary/aromatic N) is 1. The highest BCUT2D eigenvalue weighted by Crippen LogP contribution is 2.54. The van der Waals surface area contributed by atoms with Crippen molar-refractivity contribution in [3.8, 4) is 11.5 Å². The van der Waals surface area contributed by atoms with Crippen LogP contribution in [-0.4, -0.2) is 21.0 Å². The van der Waals surface area contributed by atoms with Crippen LogP contribution < -0.4 is 0 Å². The number of aromatic hydroxyl groups is 2. The smallest absolute Gasteiger partial charge is 0.223 e. The molecule has 5 rings (SSSR count). The summed E-state index contributed by atoms with van der Waals surface area (Å²) in [6, 6.07) is 21.6. The van der Waals surface area contributed by atoms with Crippen LogP contribution in [0.5, 0.6) is 11.5 Å². The van der Waals surface area contributed by atoms with Gasteiger partial charge in [-0.1, -0.05) is 75.2 Å². The molecule has 1 heterocycles. The van der Waals surface area contributed by atoms with E-state index in [9.17, 15) is 15.0 Å². The maximum absolute atomic E-state index is 13.6. The van der Waals surface area contributed by atoms with E-state index in [0.29, 0.717) is 11.1 Å². The number of halogens is 2. The number of hydrogen-bond donors (Lipinski definition) is 2. The lowest BCUT2D eigenvalue weighted by Crippen LogP contribution is -2.41. The first kappa shape index (κ1) is 22.0. The first-order chi connectivity index (χ1) is 15.9. The van der Waals surface area contributed by atoms with Crippen molar-refractivity contribution < 1.29 is 15.0 Å². The zero-order valence-corrected chi connectivity index (χ0v) is 21.0. The summed E-state index contributed by atoms with van der Waals surface area (Å²) in [5, 5.41) is 23.9. The lowest BCUT2D eigenvalue weighted by atomic mass is 9.79. The van der Waals surface area contributed by atoms with E-state index >= 15 is 0 Å². The highest BCUT2D eigenvalue weighted by atomic mass is 79.9. The molecule has 2 atom stereocenters. The van der Waals surface area contributed by atoms with Crippen molar-refractivity contribution in [3.05, 3.63) is 104 Å². The summed E-state index contributed by atoms with van der Waals surface area (Å²) in [6.45, 7) is 1.83. The van der Waals surface area contributed by atoms with Crippen molar-refractivity contribution in [2.45, 2.75) is 25.4 Å². The van der Waals surface area contributed by atoms with Gasteiger partial charge in [-0.2, -0.15) is 0 Å².